The minimum atomic E-state index is 0.268. The zero-order chi connectivity index (χ0) is 14.5. The molecule has 1 heterocycles. The number of nitrogens with zero attached hydrogens (tertiary/aromatic N) is 2. The molecule has 20 heavy (non-hydrogen) atoms. The van der Waals surface area contributed by atoms with Gasteiger partial charge in [-0.25, -0.2) is 0 Å². The van der Waals surface area contributed by atoms with Crippen LogP contribution in [0.15, 0.2) is 30.3 Å². The van der Waals surface area contributed by atoms with Gasteiger partial charge in [-0.15, -0.1) is 0 Å². The maximum atomic E-state index is 5.32. The molecule has 0 saturated carbocycles. The quantitative estimate of drug-likeness (QED) is 0.879. The van der Waals surface area contributed by atoms with E-state index in [1.165, 1.54) is 11.3 Å². The van der Waals surface area contributed by atoms with Crippen molar-refractivity contribution in [1.82, 2.24) is 15.1 Å². The molecule has 0 aliphatic rings. The lowest BCUT2D eigenvalue weighted by Gasteiger charge is -2.19. The Hall–Kier alpha value is -1.81. The lowest BCUT2D eigenvalue weighted by Crippen LogP contribution is -2.23. The van der Waals surface area contributed by atoms with Gasteiger partial charge < -0.3 is 10.1 Å². The molecule has 2 aromatic rings. The van der Waals surface area contributed by atoms with Gasteiger partial charge in [0, 0.05) is 25.2 Å². The molecule has 0 bridgehead atoms. The summed E-state index contributed by atoms with van der Waals surface area (Å²) >= 11 is 0. The number of ether oxygens (including phenoxy) is 1. The molecule has 4 nitrogen and oxygen atoms in total. The van der Waals surface area contributed by atoms with E-state index in [4.69, 9.17) is 4.74 Å². The van der Waals surface area contributed by atoms with Crippen LogP contribution in [0.4, 0.5) is 0 Å². The summed E-state index contributed by atoms with van der Waals surface area (Å²) in [5.74, 6) is 0.895. The summed E-state index contributed by atoms with van der Waals surface area (Å²) in [7, 11) is 3.70. The molecule has 0 spiro atoms. The summed E-state index contributed by atoms with van der Waals surface area (Å²) in [5, 5.41) is 7.95. The van der Waals surface area contributed by atoms with E-state index in [-0.39, 0.29) is 6.04 Å². The Bertz CT molecular complexity index is 563. The predicted molar refractivity (Wildman–Crippen MR) is 81.1 cm³/mol. The zero-order valence-electron chi connectivity index (χ0n) is 12.7. The molecule has 0 amide bonds. The minimum Gasteiger partial charge on any atom is -0.497 e. The van der Waals surface area contributed by atoms with E-state index < -0.39 is 0 Å². The van der Waals surface area contributed by atoms with Gasteiger partial charge in [0.2, 0.25) is 0 Å². The number of methoxy groups -OCH3 is 1. The van der Waals surface area contributed by atoms with Gasteiger partial charge in [0.25, 0.3) is 0 Å². The number of rotatable bonds is 6. The summed E-state index contributed by atoms with van der Waals surface area (Å²) in [6.45, 7) is 5.08. The second-order valence-corrected chi connectivity index (χ2v) is 4.99. The second kappa shape index (κ2) is 6.57. The van der Waals surface area contributed by atoms with Crippen LogP contribution in [0, 0.1) is 6.92 Å². The first-order valence-corrected chi connectivity index (χ1v) is 7.01. The first-order chi connectivity index (χ1) is 9.63. The molecule has 0 saturated heterocycles. The molecule has 0 fully saturated rings. The molecule has 0 radical (unpaired) electrons. The highest BCUT2D eigenvalue weighted by atomic mass is 16.5. The molecule has 1 N–H and O–H groups in total. The Balaban J connectivity index is 2.24. The molecule has 1 atom stereocenters. The van der Waals surface area contributed by atoms with Crippen molar-refractivity contribution in [3.05, 3.63) is 47.3 Å². The fourth-order valence-corrected chi connectivity index (χ4v) is 2.48. The SMILES string of the molecule is CCNC(Cc1cc(C)nn1C)c1cccc(OC)c1. The molecule has 0 aliphatic heterocycles. The van der Waals surface area contributed by atoms with Crippen molar-refractivity contribution in [2.75, 3.05) is 13.7 Å². The van der Waals surface area contributed by atoms with E-state index in [0.29, 0.717) is 0 Å². The lowest BCUT2D eigenvalue weighted by atomic mass is 10.0. The van der Waals surface area contributed by atoms with Gasteiger partial charge in [0.05, 0.1) is 12.8 Å². The summed E-state index contributed by atoms with van der Waals surface area (Å²) in [6, 6.07) is 10.7. The van der Waals surface area contributed by atoms with Crippen LogP contribution >= 0.6 is 0 Å². The second-order valence-electron chi connectivity index (χ2n) is 4.99. The van der Waals surface area contributed by atoms with Crippen molar-refractivity contribution in [2.24, 2.45) is 7.05 Å². The molecule has 4 heteroatoms. The molecule has 1 unspecified atom stereocenters. The third-order valence-corrected chi connectivity index (χ3v) is 3.46. The van der Waals surface area contributed by atoms with Crippen molar-refractivity contribution in [2.45, 2.75) is 26.3 Å². The highest BCUT2D eigenvalue weighted by Crippen LogP contribution is 2.22. The van der Waals surface area contributed by atoms with Crippen LogP contribution in [0.2, 0.25) is 0 Å². The Labute approximate surface area is 120 Å². The Morgan fingerprint density at radius 3 is 2.75 bits per heavy atom. The minimum absolute atomic E-state index is 0.268. The van der Waals surface area contributed by atoms with Crippen LogP contribution in [-0.2, 0) is 13.5 Å². The number of nitrogens with one attached hydrogen (secondary N) is 1. The van der Waals surface area contributed by atoms with Gasteiger partial charge in [-0.2, -0.15) is 5.10 Å². The summed E-state index contributed by atoms with van der Waals surface area (Å²) < 4.78 is 7.27. The van der Waals surface area contributed by atoms with Crippen LogP contribution < -0.4 is 10.1 Å². The molecule has 2 rings (SSSR count). The zero-order valence-corrected chi connectivity index (χ0v) is 12.7. The smallest absolute Gasteiger partial charge is 0.119 e. The number of hydrogen-bond acceptors (Lipinski definition) is 3. The maximum absolute atomic E-state index is 5.32. The third kappa shape index (κ3) is 3.39. The van der Waals surface area contributed by atoms with E-state index in [0.717, 1.165) is 24.4 Å². The summed E-state index contributed by atoms with van der Waals surface area (Å²) in [6.07, 6.45) is 0.915. The highest BCUT2D eigenvalue weighted by Gasteiger charge is 2.14. The number of likely N-dealkylation sites (N-methyl/N-ethyl adjacent to an activating group) is 1. The molecule has 108 valence electrons. The van der Waals surface area contributed by atoms with Crippen molar-refractivity contribution in [3.63, 3.8) is 0 Å². The number of aromatic nitrogens is 2. The van der Waals surface area contributed by atoms with Gasteiger partial charge in [-0.3, -0.25) is 4.68 Å². The summed E-state index contributed by atoms with van der Waals surface area (Å²) in [4.78, 5) is 0. The van der Waals surface area contributed by atoms with Gasteiger partial charge >= 0.3 is 0 Å². The van der Waals surface area contributed by atoms with Crippen LogP contribution in [0.5, 0.6) is 5.75 Å². The van der Waals surface area contributed by atoms with E-state index >= 15 is 0 Å². The molecular formula is C16H23N3O. The first-order valence-electron chi connectivity index (χ1n) is 7.01. The number of benzene rings is 1. The van der Waals surface area contributed by atoms with Crippen LogP contribution in [-0.4, -0.2) is 23.4 Å². The maximum Gasteiger partial charge on any atom is 0.119 e. The average molecular weight is 273 g/mol. The summed E-state index contributed by atoms with van der Waals surface area (Å²) in [5.41, 5.74) is 3.53. The Kier molecular flexibility index (Phi) is 4.79. The van der Waals surface area contributed by atoms with E-state index in [2.05, 4.69) is 35.5 Å². The molecule has 1 aromatic carbocycles. The normalized spacial score (nSPS) is 12.4. The van der Waals surface area contributed by atoms with Gasteiger partial charge in [-0.05, 0) is 37.2 Å². The average Bonchev–Trinajstić information content (AvgIpc) is 2.76. The first kappa shape index (κ1) is 14.6. The van der Waals surface area contributed by atoms with Crippen LogP contribution in [0.25, 0.3) is 0 Å². The van der Waals surface area contributed by atoms with E-state index in [1.54, 1.807) is 7.11 Å². The molecule has 0 aliphatic carbocycles. The van der Waals surface area contributed by atoms with Crippen molar-refractivity contribution in [1.29, 1.82) is 0 Å². The van der Waals surface area contributed by atoms with Gasteiger partial charge in [-0.1, -0.05) is 19.1 Å². The third-order valence-electron chi connectivity index (χ3n) is 3.46. The standard InChI is InChI=1S/C16H23N3O/c1-5-17-16(11-14-9-12(2)18-19(14)3)13-7-6-8-15(10-13)20-4/h6-10,16-17H,5,11H2,1-4H3. The van der Waals surface area contributed by atoms with Gasteiger partial charge in [0.1, 0.15) is 5.75 Å². The lowest BCUT2D eigenvalue weighted by molar-refractivity contribution is 0.412. The predicted octanol–water partition coefficient (Wildman–Crippen LogP) is 2.63. The van der Waals surface area contributed by atoms with Gasteiger partial charge in [0.15, 0.2) is 0 Å². The fourth-order valence-electron chi connectivity index (χ4n) is 2.48. The Morgan fingerprint density at radius 2 is 2.15 bits per heavy atom. The molecular weight excluding hydrogens is 250 g/mol. The van der Waals surface area contributed by atoms with Crippen LogP contribution in [0.1, 0.15) is 29.9 Å². The van der Waals surface area contributed by atoms with Crippen molar-refractivity contribution in [3.8, 4) is 5.75 Å². The highest BCUT2D eigenvalue weighted by molar-refractivity contribution is 5.31. The van der Waals surface area contributed by atoms with E-state index in [1.807, 2.05) is 30.8 Å². The molecule has 1 aromatic heterocycles. The topological polar surface area (TPSA) is 39.1 Å². The van der Waals surface area contributed by atoms with E-state index in [9.17, 15) is 0 Å². The Morgan fingerprint density at radius 1 is 1.35 bits per heavy atom. The number of aryl methyl sites for hydroxylation is 2. The largest absolute Gasteiger partial charge is 0.497 e. The van der Waals surface area contributed by atoms with Crippen molar-refractivity contribution < 1.29 is 4.74 Å². The van der Waals surface area contributed by atoms with Crippen LogP contribution in [0.3, 0.4) is 0 Å². The monoisotopic (exact) mass is 273 g/mol. The fraction of sp³-hybridized carbons (Fsp3) is 0.438. The number of hydrogen-bond donors (Lipinski definition) is 1. The van der Waals surface area contributed by atoms with Crippen molar-refractivity contribution >= 4 is 0 Å².